The Morgan fingerprint density at radius 1 is 1.50 bits per heavy atom. The zero-order chi connectivity index (χ0) is 8.55. The monoisotopic (exact) mass is 183 g/mol. The van der Waals surface area contributed by atoms with E-state index in [-0.39, 0.29) is 0 Å². The molecule has 0 fully saturated rings. The molecule has 0 aliphatic heterocycles. The molecule has 0 radical (unpaired) electrons. The molecule has 0 bridgehead atoms. The van der Waals surface area contributed by atoms with Gasteiger partial charge in [0.05, 0.1) is 0 Å². The topological polar surface area (TPSA) is 26.0 Å². The Morgan fingerprint density at radius 3 is 3.08 bits per heavy atom. The third-order valence-corrected chi connectivity index (χ3v) is 2.35. The van der Waals surface area contributed by atoms with E-state index in [2.05, 4.69) is 4.98 Å². The van der Waals surface area contributed by atoms with Gasteiger partial charge in [-0.3, -0.25) is 0 Å². The normalized spacial score (nSPS) is 10.8. The molecular formula is C8H6FNOS. The molecule has 1 aromatic carbocycles. The zero-order valence-corrected chi connectivity index (χ0v) is 7.19. The van der Waals surface area contributed by atoms with E-state index in [0.29, 0.717) is 11.1 Å². The number of benzene rings is 1. The first kappa shape index (κ1) is 7.61. The number of fused-ring (bicyclic) bond motifs is 1. The van der Waals surface area contributed by atoms with Gasteiger partial charge in [-0.05, 0) is 18.4 Å². The van der Waals surface area contributed by atoms with Crippen LogP contribution in [0, 0.1) is 6.14 Å². The quantitative estimate of drug-likeness (QED) is 0.636. The van der Waals surface area contributed by atoms with Crippen LogP contribution in [-0.4, -0.2) is 11.2 Å². The molecular weight excluding hydrogens is 177 g/mol. The highest BCUT2D eigenvalue weighted by Gasteiger charge is 2.07. The summed E-state index contributed by atoms with van der Waals surface area (Å²) in [4.78, 5) is 4.56. The van der Waals surface area contributed by atoms with Crippen molar-refractivity contribution >= 4 is 22.9 Å². The van der Waals surface area contributed by atoms with Crippen LogP contribution >= 0.6 is 11.8 Å². The fourth-order valence-corrected chi connectivity index (χ4v) is 1.62. The Morgan fingerprint density at radius 2 is 2.33 bits per heavy atom. The standard InChI is InChI=1S/C8H6FNOS/c1-12-6-4-2-3-5-7(6)10-8(9)11-5/h2-4H,1H3. The van der Waals surface area contributed by atoms with Gasteiger partial charge < -0.3 is 4.42 Å². The molecule has 2 aromatic rings. The number of hydrogen-bond donors (Lipinski definition) is 0. The van der Waals surface area contributed by atoms with Crippen LogP contribution in [0.2, 0.25) is 0 Å². The smallest absolute Gasteiger partial charge is 0.382 e. The summed E-state index contributed by atoms with van der Waals surface area (Å²) in [6, 6.07) is 5.40. The van der Waals surface area contributed by atoms with E-state index in [0.717, 1.165) is 4.90 Å². The maximum atomic E-state index is 12.6. The van der Waals surface area contributed by atoms with Crippen LogP contribution in [0.5, 0.6) is 0 Å². The van der Waals surface area contributed by atoms with Crippen LogP contribution < -0.4 is 0 Å². The van der Waals surface area contributed by atoms with Gasteiger partial charge in [-0.1, -0.05) is 6.07 Å². The summed E-state index contributed by atoms with van der Waals surface area (Å²) in [6.07, 6.45) is 1.15. The Balaban J connectivity index is 2.78. The molecule has 1 heterocycles. The van der Waals surface area contributed by atoms with Gasteiger partial charge in [0.2, 0.25) is 0 Å². The third-order valence-electron chi connectivity index (χ3n) is 1.58. The lowest BCUT2D eigenvalue weighted by atomic mass is 10.3. The first-order valence-corrected chi connectivity index (χ1v) is 4.63. The zero-order valence-electron chi connectivity index (χ0n) is 6.37. The van der Waals surface area contributed by atoms with Crippen molar-refractivity contribution < 1.29 is 8.81 Å². The minimum Gasteiger partial charge on any atom is -0.415 e. The maximum Gasteiger partial charge on any atom is 0.382 e. The highest BCUT2D eigenvalue weighted by molar-refractivity contribution is 7.98. The van der Waals surface area contributed by atoms with Gasteiger partial charge in [0.15, 0.2) is 5.58 Å². The van der Waals surface area contributed by atoms with Crippen molar-refractivity contribution in [3.05, 3.63) is 24.3 Å². The fraction of sp³-hybridized carbons (Fsp3) is 0.125. The number of aromatic nitrogens is 1. The molecule has 0 N–H and O–H groups in total. The second-order valence-electron chi connectivity index (χ2n) is 2.27. The van der Waals surface area contributed by atoms with Crippen LogP contribution in [-0.2, 0) is 0 Å². The molecule has 0 unspecified atom stereocenters. The second kappa shape index (κ2) is 2.79. The van der Waals surface area contributed by atoms with Crippen molar-refractivity contribution in [2.75, 3.05) is 6.26 Å². The van der Waals surface area contributed by atoms with E-state index >= 15 is 0 Å². The molecule has 0 amide bonds. The summed E-state index contributed by atoms with van der Waals surface area (Å²) in [5, 5.41) is 0. The first-order valence-electron chi connectivity index (χ1n) is 3.40. The van der Waals surface area contributed by atoms with Gasteiger partial charge in [-0.25, -0.2) is 0 Å². The average Bonchev–Trinajstić information content (AvgIpc) is 2.44. The van der Waals surface area contributed by atoms with Gasteiger partial charge in [0, 0.05) is 4.90 Å². The van der Waals surface area contributed by atoms with Crippen molar-refractivity contribution in [2.24, 2.45) is 0 Å². The highest BCUT2D eigenvalue weighted by atomic mass is 32.2. The molecule has 0 aliphatic rings. The van der Waals surface area contributed by atoms with E-state index in [4.69, 9.17) is 4.42 Å². The van der Waals surface area contributed by atoms with E-state index < -0.39 is 6.14 Å². The summed E-state index contributed by atoms with van der Waals surface area (Å²) >= 11 is 1.52. The summed E-state index contributed by atoms with van der Waals surface area (Å²) in [6.45, 7) is 0. The summed E-state index contributed by atoms with van der Waals surface area (Å²) < 4.78 is 17.3. The van der Waals surface area contributed by atoms with Crippen molar-refractivity contribution in [3.63, 3.8) is 0 Å². The molecule has 2 nitrogen and oxygen atoms in total. The number of oxazole rings is 1. The molecule has 12 heavy (non-hydrogen) atoms. The molecule has 1 aromatic heterocycles. The Kier molecular flexibility index (Phi) is 1.77. The maximum absolute atomic E-state index is 12.6. The minimum absolute atomic E-state index is 0.499. The lowest BCUT2D eigenvalue weighted by molar-refractivity contribution is 0.355. The summed E-state index contributed by atoms with van der Waals surface area (Å²) in [7, 11) is 0. The number of hydrogen-bond acceptors (Lipinski definition) is 3. The Bertz CT molecular complexity index is 412. The van der Waals surface area contributed by atoms with Crippen LogP contribution in [0.3, 0.4) is 0 Å². The van der Waals surface area contributed by atoms with Crippen molar-refractivity contribution in [2.45, 2.75) is 4.90 Å². The highest BCUT2D eigenvalue weighted by Crippen LogP contribution is 2.25. The van der Waals surface area contributed by atoms with E-state index in [1.807, 2.05) is 18.4 Å². The average molecular weight is 183 g/mol. The first-order chi connectivity index (χ1) is 5.81. The third kappa shape index (κ3) is 1.08. The molecule has 0 saturated heterocycles. The second-order valence-corrected chi connectivity index (χ2v) is 3.12. The van der Waals surface area contributed by atoms with Crippen LogP contribution in [0.4, 0.5) is 4.39 Å². The van der Waals surface area contributed by atoms with Gasteiger partial charge in [-0.2, -0.15) is 4.98 Å². The van der Waals surface area contributed by atoms with Crippen LogP contribution in [0.15, 0.2) is 27.5 Å². The Hall–Kier alpha value is -1.03. The molecule has 4 heteroatoms. The molecule has 0 atom stereocenters. The minimum atomic E-state index is -0.772. The number of para-hydroxylation sites is 1. The SMILES string of the molecule is CSc1cccc2oc(F)nc12. The van der Waals surface area contributed by atoms with Gasteiger partial charge in [-0.15, -0.1) is 16.2 Å². The van der Waals surface area contributed by atoms with Crippen molar-refractivity contribution in [3.8, 4) is 0 Å². The summed E-state index contributed by atoms with van der Waals surface area (Å²) in [5.41, 5.74) is 1.10. The fourth-order valence-electron chi connectivity index (χ4n) is 1.06. The van der Waals surface area contributed by atoms with E-state index in [9.17, 15) is 4.39 Å². The number of halogens is 1. The molecule has 62 valence electrons. The summed E-state index contributed by atoms with van der Waals surface area (Å²) in [5.74, 6) is 0. The number of thioether (sulfide) groups is 1. The lowest BCUT2D eigenvalue weighted by Crippen LogP contribution is -1.73. The van der Waals surface area contributed by atoms with Gasteiger partial charge in [0.1, 0.15) is 5.52 Å². The number of nitrogens with zero attached hydrogens (tertiary/aromatic N) is 1. The van der Waals surface area contributed by atoms with Crippen molar-refractivity contribution in [1.82, 2.24) is 4.98 Å². The Labute approximate surface area is 72.8 Å². The molecule has 0 spiro atoms. The lowest BCUT2D eigenvalue weighted by Gasteiger charge is -1.93. The van der Waals surface area contributed by atoms with E-state index in [1.54, 1.807) is 6.07 Å². The molecule has 0 saturated carbocycles. The number of rotatable bonds is 1. The van der Waals surface area contributed by atoms with Crippen LogP contribution in [0.1, 0.15) is 0 Å². The van der Waals surface area contributed by atoms with E-state index in [1.165, 1.54) is 11.8 Å². The van der Waals surface area contributed by atoms with Crippen molar-refractivity contribution in [1.29, 1.82) is 0 Å². The van der Waals surface area contributed by atoms with Crippen LogP contribution in [0.25, 0.3) is 11.1 Å². The van der Waals surface area contributed by atoms with Gasteiger partial charge in [0.25, 0.3) is 0 Å². The molecule has 2 rings (SSSR count). The predicted octanol–water partition coefficient (Wildman–Crippen LogP) is 2.69. The molecule has 0 aliphatic carbocycles. The largest absolute Gasteiger partial charge is 0.415 e. The van der Waals surface area contributed by atoms with Gasteiger partial charge >= 0.3 is 6.14 Å². The predicted molar refractivity (Wildman–Crippen MR) is 45.7 cm³/mol.